The van der Waals surface area contributed by atoms with E-state index in [2.05, 4.69) is 20.0 Å². The van der Waals surface area contributed by atoms with E-state index in [0.29, 0.717) is 11.3 Å². The van der Waals surface area contributed by atoms with Gasteiger partial charge in [-0.05, 0) is 44.0 Å². The highest BCUT2D eigenvalue weighted by Gasteiger charge is 2.27. The molecule has 1 aliphatic heterocycles. The number of anilines is 1. The maximum absolute atomic E-state index is 13.0. The number of hydrogen-bond acceptors (Lipinski definition) is 5. The van der Waals surface area contributed by atoms with Crippen LogP contribution in [-0.2, 0) is 0 Å². The minimum absolute atomic E-state index is 0.0316. The molecule has 1 aromatic carbocycles. The lowest BCUT2D eigenvalue weighted by atomic mass is 9.89. The molecule has 0 N–H and O–H groups in total. The standard InChI is InChI=1S/C18H18FN5O/c1-12-10-16(24-18(22-12)20-11-21-24)23-8-6-14(7-9-23)17(25)13-2-4-15(19)5-3-13/h2-5,10-11,14H,6-9H2,1H3. The molecule has 3 heterocycles. The summed E-state index contributed by atoms with van der Waals surface area (Å²) in [5.74, 6) is 1.27. The van der Waals surface area contributed by atoms with E-state index >= 15 is 0 Å². The smallest absolute Gasteiger partial charge is 0.254 e. The van der Waals surface area contributed by atoms with Crippen molar-refractivity contribution in [2.75, 3.05) is 18.0 Å². The van der Waals surface area contributed by atoms with Gasteiger partial charge in [0.15, 0.2) is 5.78 Å². The van der Waals surface area contributed by atoms with Crippen LogP contribution >= 0.6 is 0 Å². The number of Topliss-reactive ketones (excluding diaryl/α,β-unsaturated/α-hetero) is 1. The van der Waals surface area contributed by atoms with Gasteiger partial charge in [-0.3, -0.25) is 4.79 Å². The summed E-state index contributed by atoms with van der Waals surface area (Å²) in [5, 5.41) is 4.24. The number of aromatic nitrogens is 4. The van der Waals surface area contributed by atoms with Crippen LogP contribution in [0.2, 0.25) is 0 Å². The Morgan fingerprint density at radius 3 is 2.64 bits per heavy atom. The fraction of sp³-hybridized carbons (Fsp3) is 0.333. The first-order valence-electron chi connectivity index (χ1n) is 8.34. The lowest BCUT2D eigenvalue weighted by molar-refractivity contribution is 0.0900. The number of carbonyl (C=O) groups is 1. The number of benzene rings is 1. The third-order valence-corrected chi connectivity index (χ3v) is 4.68. The number of fused-ring (bicyclic) bond motifs is 1. The number of ketones is 1. The predicted molar refractivity (Wildman–Crippen MR) is 91.2 cm³/mol. The summed E-state index contributed by atoms with van der Waals surface area (Å²) in [6.45, 7) is 3.45. The van der Waals surface area contributed by atoms with Crippen molar-refractivity contribution in [3.05, 3.63) is 53.7 Å². The number of halogens is 1. The van der Waals surface area contributed by atoms with E-state index in [1.807, 2.05) is 13.0 Å². The molecule has 1 fully saturated rings. The van der Waals surface area contributed by atoms with Gasteiger partial charge in [0.05, 0.1) is 0 Å². The number of hydrogen-bond donors (Lipinski definition) is 0. The maximum atomic E-state index is 13.0. The molecule has 1 saturated heterocycles. The monoisotopic (exact) mass is 339 g/mol. The van der Waals surface area contributed by atoms with Crippen LogP contribution in [0.1, 0.15) is 28.9 Å². The van der Waals surface area contributed by atoms with Crippen LogP contribution in [-0.4, -0.2) is 38.5 Å². The van der Waals surface area contributed by atoms with E-state index < -0.39 is 0 Å². The van der Waals surface area contributed by atoms with Crippen LogP contribution in [0.3, 0.4) is 0 Å². The summed E-state index contributed by atoms with van der Waals surface area (Å²) < 4.78 is 14.8. The molecule has 6 nitrogen and oxygen atoms in total. The second-order valence-electron chi connectivity index (χ2n) is 6.36. The van der Waals surface area contributed by atoms with Gasteiger partial charge in [0.1, 0.15) is 18.0 Å². The summed E-state index contributed by atoms with van der Waals surface area (Å²) in [6.07, 6.45) is 3.01. The summed E-state index contributed by atoms with van der Waals surface area (Å²) >= 11 is 0. The second kappa shape index (κ2) is 6.23. The molecular weight excluding hydrogens is 321 g/mol. The molecular formula is C18H18FN5O. The van der Waals surface area contributed by atoms with Crippen molar-refractivity contribution in [1.29, 1.82) is 0 Å². The van der Waals surface area contributed by atoms with E-state index in [1.165, 1.54) is 18.5 Å². The van der Waals surface area contributed by atoms with Crippen LogP contribution in [0.25, 0.3) is 5.78 Å². The van der Waals surface area contributed by atoms with Crippen molar-refractivity contribution in [3.63, 3.8) is 0 Å². The molecule has 0 unspecified atom stereocenters. The highest BCUT2D eigenvalue weighted by Crippen LogP contribution is 2.26. The minimum atomic E-state index is -0.323. The van der Waals surface area contributed by atoms with Gasteiger partial charge in [0.2, 0.25) is 0 Å². The number of nitrogens with zero attached hydrogens (tertiary/aromatic N) is 5. The van der Waals surface area contributed by atoms with Gasteiger partial charge in [0, 0.05) is 36.3 Å². The van der Waals surface area contributed by atoms with Gasteiger partial charge >= 0.3 is 0 Å². The molecule has 0 aliphatic carbocycles. The van der Waals surface area contributed by atoms with Crippen LogP contribution in [0, 0.1) is 18.7 Å². The third-order valence-electron chi connectivity index (χ3n) is 4.68. The van der Waals surface area contributed by atoms with Crippen molar-refractivity contribution in [1.82, 2.24) is 19.6 Å². The maximum Gasteiger partial charge on any atom is 0.254 e. The molecule has 1 aliphatic rings. The summed E-state index contributed by atoms with van der Waals surface area (Å²) in [5.41, 5.74) is 1.47. The average Bonchev–Trinajstić information content (AvgIpc) is 3.09. The molecule has 0 saturated carbocycles. The fourth-order valence-electron chi connectivity index (χ4n) is 3.36. The number of aryl methyl sites for hydroxylation is 1. The fourth-order valence-corrected chi connectivity index (χ4v) is 3.36. The molecule has 128 valence electrons. The highest BCUT2D eigenvalue weighted by molar-refractivity contribution is 5.97. The zero-order valence-corrected chi connectivity index (χ0v) is 13.9. The van der Waals surface area contributed by atoms with Gasteiger partial charge in [-0.15, -0.1) is 0 Å². The van der Waals surface area contributed by atoms with E-state index in [9.17, 15) is 9.18 Å². The number of carbonyl (C=O) groups excluding carboxylic acids is 1. The van der Waals surface area contributed by atoms with Crippen molar-refractivity contribution >= 4 is 17.4 Å². The largest absolute Gasteiger partial charge is 0.356 e. The van der Waals surface area contributed by atoms with Crippen molar-refractivity contribution in [2.24, 2.45) is 5.92 Å². The second-order valence-corrected chi connectivity index (χ2v) is 6.36. The molecule has 0 spiro atoms. The zero-order valence-electron chi connectivity index (χ0n) is 13.9. The van der Waals surface area contributed by atoms with Gasteiger partial charge in [-0.2, -0.15) is 14.6 Å². The Bertz CT molecular complexity index is 913. The molecule has 2 aromatic heterocycles. The van der Waals surface area contributed by atoms with Crippen LogP contribution in [0.15, 0.2) is 36.7 Å². The lowest BCUT2D eigenvalue weighted by Crippen LogP contribution is -2.37. The SMILES string of the molecule is Cc1cc(N2CCC(C(=O)c3ccc(F)cc3)CC2)n2ncnc2n1. The topological polar surface area (TPSA) is 63.4 Å². The van der Waals surface area contributed by atoms with Crippen LogP contribution in [0.4, 0.5) is 10.2 Å². The van der Waals surface area contributed by atoms with Gasteiger partial charge in [-0.1, -0.05) is 0 Å². The first-order valence-corrected chi connectivity index (χ1v) is 8.34. The average molecular weight is 339 g/mol. The molecule has 0 atom stereocenters. The van der Waals surface area contributed by atoms with Crippen molar-refractivity contribution in [3.8, 4) is 0 Å². The number of rotatable bonds is 3. The van der Waals surface area contributed by atoms with Crippen molar-refractivity contribution in [2.45, 2.75) is 19.8 Å². The molecule has 3 aromatic rings. The molecule has 7 heteroatoms. The first-order chi connectivity index (χ1) is 12.1. The molecule has 0 amide bonds. The first kappa shape index (κ1) is 15.7. The number of piperidine rings is 1. The normalized spacial score (nSPS) is 15.7. The van der Waals surface area contributed by atoms with E-state index in [4.69, 9.17) is 0 Å². The van der Waals surface area contributed by atoms with Crippen LogP contribution in [0.5, 0.6) is 0 Å². The van der Waals surface area contributed by atoms with Gasteiger partial charge in [-0.25, -0.2) is 9.37 Å². The molecule has 0 bridgehead atoms. The van der Waals surface area contributed by atoms with E-state index in [0.717, 1.165) is 37.4 Å². The van der Waals surface area contributed by atoms with Gasteiger partial charge < -0.3 is 4.90 Å². The Kier molecular flexibility index (Phi) is 3.91. The quantitative estimate of drug-likeness (QED) is 0.687. The Balaban J connectivity index is 1.50. The summed E-state index contributed by atoms with van der Waals surface area (Å²) in [4.78, 5) is 23.3. The predicted octanol–water partition coefficient (Wildman–Crippen LogP) is 2.67. The van der Waals surface area contributed by atoms with E-state index in [-0.39, 0.29) is 17.5 Å². The summed E-state index contributed by atoms with van der Waals surface area (Å²) in [6, 6.07) is 7.79. The molecule has 4 rings (SSSR count). The van der Waals surface area contributed by atoms with Crippen molar-refractivity contribution < 1.29 is 9.18 Å². The molecule has 25 heavy (non-hydrogen) atoms. The highest BCUT2D eigenvalue weighted by atomic mass is 19.1. The summed E-state index contributed by atoms with van der Waals surface area (Å²) in [7, 11) is 0. The van der Waals surface area contributed by atoms with Gasteiger partial charge in [0.25, 0.3) is 5.78 Å². The third kappa shape index (κ3) is 2.97. The molecule has 0 radical (unpaired) electrons. The zero-order chi connectivity index (χ0) is 17.4. The van der Waals surface area contributed by atoms with E-state index in [1.54, 1.807) is 16.6 Å². The lowest BCUT2D eigenvalue weighted by Gasteiger charge is -2.32. The minimum Gasteiger partial charge on any atom is -0.356 e. The van der Waals surface area contributed by atoms with Crippen LogP contribution < -0.4 is 4.90 Å². The Hall–Kier alpha value is -2.83. The Morgan fingerprint density at radius 2 is 1.92 bits per heavy atom. The Morgan fingerprint density at radius 1 is 1.20 bits per heavy atom. The Labute approximate surface area is 144 Å².